The van der Waals surface area contributed by atoms with Gasteiger partial charge in [0.2, 0.25) is 59.1 Å². The fourth-order valence-corrected chi connectivity index (χ4v) is 13.0. The highest BCUT2D eigenvalue weighted by molar-refractivity contribution is 5.99. The van der Waals surface area contributed by atoms with E-state index in [9.17, 15) is 29.1 Å². The molecule has 2 rings (SSSR count). The Kier molecular flexibility index (Phi) is 34.9. The monoisotopic (exact) mass is 1350 g/mol. The number of nitrogens with zero attached hydrogens (tertiary/aromatic N) is 9. The molecule has 14 atom stereocenters. The molecule has 2 saturated heterocycles. The summed E-state index contributed by atoms with van der Waals surface area (Å²) in [5.74, 6) is -9.75. The van der Waals surface area contributed by atoms with Gasteiger partial charge in [0.05, 0.1) is 18.8 Å². The number of ether oxygens (including phenoxy) is 1. The van der Waals surface area contributed by atoms with Crippen LogP contribution in [0.5, 0.6) is 0 Å². The third-order valence-corrected chi connectivity index (χ3v) is 19.5. The molecule has 26 heteroatoms. The van der Waals surface area contributed by atoms with Gasteiger partial charge in [0.1, 0.15) is 54.4 Å². The molecule has 546 valence electrons. The van der Waals surface area contributed by atoms with Crippen LogP contribution in [0.25, 0.3) is 0 Å². The number of hydrogen-bond donors (Lipinski definition) is 5. The molecule has 95 heavy (non-hydrogen) atoms. The average molecular weight is 1350 g/mol. The van der Waals surface area contributed by atoms with Crippen LogP contribution in [-0.4, -0.2) is 289 Å². The molecule has 0 radical (unpaired) electrons. The molecular weight excluding hydrogens is 1220 g/mol. The lowest BCUT2D eigenvalue weighted by atomic mass is 9.88. The van der Waals surface area contributed by atoms with Gasteiger partial charge >= 0.3 is 0 Å². The van der Waals surface area contributed by atoms with Crippen molar-refractivity contribution in [2.24, 2.45) is 41.4 Å². The molecule has 14 unspecified atom stereocenters. The van der Waals surface area contributed by atoms with E-state index in [1.807, 2.05) is 48.5 Å². The Hall–Kier alpha value is -5.83. The van der Waals surface area contributed by atoms with Crippen molar-refractivity contribution >= 4 is 65.4 Å². The van der Waals surface area contributed by atoms with Crippen molar-refractivity contribution in [3.63, 3.8) is 0 Å². The summed E-state index contributed by atoms with van der Waals surface area (Å²) in [4.78, 5) is 177. The number of aliphatic hydroxyl groups is 1. The first kappa shape index (κ1) is 85.3. The van der Waals surface area contributed by atoms with Gasteiger partial charge in [-0.25, -0.2) is 0 Å². The molecule has 2 aliphatic rings. The van der Waals surface area contributed by atoms with E-state index in [2.05, 4.69) is 31.1 Å². The van der Waals surface area contributed by atoms with Crippen LogP contribution in [0.4, 0.5) is 0 Å². The Morgan fingerprint density at radius 3 is 1.48 bits per heavy atom. The topological polar surface area (TPSA) is 295 Å². The molecular formula is C69H127N13O13. The zero-order chi connectivity index (χ0) is 73.0. The van der Waals surface area contributed by atoms with E-state index in [1.165, 1.54) is 99.5 Å². The van der Waals surface area contributed by atoms with E-state index < -0.39 is 155 Å². The summed E-state index contributed by atoms with van der Waals surface area (Å²) in [6.45, 7) is 34.1. The van der Waals surface area contributed by atoms with Gasteiger partial charge in [0.15, 0.2) is 11.9 Å². The molecule has 0 bridgehead atoms. The maximum absolute atomic E-state index is 15.4. The third-order valence-electron chi connectivity index (χ3n) is 19.5. The largest absolute Gasteiger partial charge is 0.390 e. The Labute approximate surface area is 569 Å². The first-order chi connectivity index (χ1) is 44.1. The minimum absolute atomic E-state index is 0.00288. The molecule has 0 spiro atoms. The molecule has 10 amide bonds. The summed E-state index contributed by atoms with van der Waals surface area (Å²) >= 11 is 0. The minimum atomic E-state index is -1.95. The predicted octanol–water partition coefficient (Wildman–Crippen LogP) is 2.74. The lowest BCUT2D eigenvalue weighted by Crippen LogP contribution is -2.72. The summed E-state index contributed by atoms with van der Waals surface area (Å²) < 4.78 is 5.33. The van der Waals surface area contributed by atoms with Crippen LogP contribution in [-0.2, 0) is 57.5 Å². The van der Waals surface area contributed by atoms with E-state index in [0.717, 1.165) is 17.9 Å². The summed E-state index contributed by atoms with van der Waals surface area (Å²) in [6, 6.07) is -12.7. The van der Waals surface area contributed by atoms with Gasteiger partial charge in [0, 0.05) is 102 Å². The van der Waals surface area contributed by atoms with Gasteiger partial charge in [-0.3, -0.25) is 63.0 Å². The number of amides is 10. The first-order valence-corrected chi connectivity index (χ1v) is 34.8. The SMILES string of the molecule is CCCCC(C)C(O)C1C(=O)NC(CC)C(=O)N(C)C(C)C(=O)N(C)C(C=O)(C(C)CN2CCN(CCOC)CC2)NC(C(C)C)C(=O)N(C)C(CC(C)C)C(=O)NC(C)C(=O)NC(C)C(=O)N(C)C(CC(C)C)C(=O)N(C)C(CC(C)C)C(=O)N(C)C(C(C)C)C(=O)N1C. The summed E-state index contributed by atoms with van der Waals surface area (Å²) in [5.41, 5.74) is -1.95. The summed E-state index contributed by atoms with van der Waals surface area (Å²) in [5, 5.41) is 24.0. The number of carbonyl (C=O) groups is 11. The van der Waals surface area contributed by atoms with Crippen molar-refractivity contribution in [1.29, 1.82) is 0 Å². The molecule has 0 aliphatic carbocycles. The lowest BCUT2D eigenvalue weighted by Gasteiger charge is -2.48. The number of nitrogens with one attached hydrogen (secondary N) is 4. The summed E-state index contributed by atoms with van der Waals surface area (Å²) in [6.07, 6.45) is 1.50. The molecule has 2 fully saturated rings. The van der Waals surface area contributed by atoms with Crippen molar-refractivity contribution in [2.75, 3.05) is 102 Å². The second kappa shape index (κ2) is 38.9. The Morgan fingerprint density at radius 2 is 1.01 bits per heavy atom. The molecule has 0 aromatic carbocycles. The maximum Gasteiger partial charge on any atom is 0.246 e. The standard InChI is InChI=1S/C69H127N13O13/c1-26-28-29-46(13)58(84)57-61(87)72-51(27-2)64(90)74(18)50(17)63(89)80(24)69(40-83,47(14)39-82-32-30-81(31-33-82)34-35-95-25)73-55(44(9)10)67(93)75(19)52(36-41(3)4)60(86)70-48(15)59(85)71-49(16)62(88)76(20)53(37-42(5)6)65(91)77(21)54(38-43(7)8)66(92)78(22)56(45(11)12)68(94)79(57)23/h40-58,73,84H,26-39H2,1-25H3,(H,70,86)(H,71,85)(H,72,87). The Morgan fingerprint density at radius 1 is 0.537 bits per heavy atom. The Bertz CT molecular complexity index is 2550. The number of hydrogen-bond acceptors (Lipinski definition) is 16. The van der Waals surface area contributed by atoms with E-state index in [1.54, 1.807) is 55.6 Å². The van der Waals surface area contributed by atoms with Crippen LogP contribution in [0.3, 0.4) is 0 Å². The lowest BCUT2D eigenvalue weighted by molar-refractivity contribution is -0.158. The van der Waals surface area contributed by atoms with Crippen LogP contribution in [0.2, 0.25) is 0 Å². The number of rotatable bonds is 21. The van der Waals surface area contributed by atoms with Crippen LogP contribution in [0, 0.1) is 41.4 Å². The van der Waals surface area contributed by atoms with E-state index in [0.29, 0.717) is 51.9 Å². The highest BCUT2D eigenvalue weighted by Crippen LogP contribution is 2.29. The molecule has 26 nitrogen and oxygen atoms in total. The van der Waals surface area contributed by atoms with Crippen LogP contribution in [0.1, 0.15) is 163 Å². The molecule has 0 aromatic rings. The fraction of sp³-hybridized carbons (Fsp3) is 0.841. The third kappa shape index (κ3) is 22.6. The van der Waals surface area contributed by atoms with Crippen LogP contribution >= 0.6 is 0 Å². The van der Waals surface area contributed by atoms with Crippen molar-refractivity contribution < 1.29 is 62.6 Å². The normalized spacial score (nSPS) is 28.4. The quantitative estimate of drug-likeness (QED) is 0.103. The number of likely N-dealkylation sites (N-methyl/N-ethyl adjacent to an activating group) is 7. The van der Waals surface area contributed by atoms with Gasteiger partial charge < -0.3 is 65.0 Å². The second-order valence-corrected chi connectivity index (χ2v) is 29.2. The maximum atomic E-state index is 15.4. The van der Waals surface area contributed by atoms with Crippen molar-refractivity contribution in [1.82, 2.24) is 65.4 Å². The Balaban J connectivity index is 3.11. The molecule has 5 N–H and O–H groups in total. The minimum Gasteiger partial charge on any atom is -0.390 e. The van der Waals surface area contributed by atoms with Crippen LogP contribution < -0.4 is 21.3 Å². The number of piperazine rings is 1. The van der Waals surface area contributed by atoms with Gasteiger partial charge in [-0.2, -0.15) is 0 Å². The number of methoxy groups -OCH3 is 1. The fourth-order valence-electron chi connectivity index (χ4n) is 13.0. The highest BCUT2D eigenvalue weighted by Gasteiger charge is 2.50. The van der Waals surface area contributed by atoms with Crippen molar-refractivity contribution in [2.45, 2.75) is 235 Å². The van der Waals surface area contributed by atoms with Crippen LogP contribution in [0.15, 0.2) is 0 Å². The molecule has 2 aliphatic heterocycles. The number of aldehydes is 1. The smallest absolute Gasteiger partial charge is 0.246 e. The number of aliphatic hydroxyl groups excluding tert-OH is 1. The number of carbonyl (C=O) groups excluding carboxylic acids is 11. The predicted molar refractivity (Wildman–Crippen MR) is 368 cm³/mol. The number of unbranched alkanes of at least 4 members (excludes halogenated alkanes) is 1. The van der Waals surface area contributed by atoms with Crippen molar-refractivity contribution in [3.05, 3.63) is 0 Å². The zero-order valence-corrected chi connectivity index (χ0v) is 62.7. The molecule has 0 aromatic heterocycles. The molecule has 0 saturated carbocycles. The first-order valence-electron chi connectivity index (χ1n) is 34.8. The molecule has 2 heterocycles. The highest BCUT2D eigenvalue weighted by atomic mass is 16.5. The van der Waals surface area contributed by atoms with E-state index in [4.69, 9.17) is 4.74 Å². The van der Waals surface area contributed by atoms with Gasteiger partial charge in [0.25, 0.3) is 0 Å². The van der Waals surface area contributed by atoms with Crippen molar-refractivity contribution in [3.8, 4) is 0 Å². The summed E-state index contributed by atoms with van der Waals surface area (Å²) in [7, 11) is 11.7. The second-order valence-electron chi connectivity index (χ2n) is 29.2. The van der Waals surface area contributed by atoms with E-state index in [-0.39, 0.29) is 50.0 Å². The average Bonchev–Trinajstić information content (AvgIpc) is 0.782. The van der Waals surface area contributed by atoms with Gasteiger partial charge in [-0.05, 0) is 88.4 Å². The van der Waals surface area contributed by atoms with Gasteiger partial charge in [-0.1, -0.05) is 110 Å². The van der Waals surface area contributed by atoms with E-state index >= 15 is 28.8 Å². The van der Waals surface area contributed by atoms with Gasteiger partial charge in [-0.15, -0.1) is 0 Å². The zero-order valence-electron chi connectivity index (χ0n) is 62.7.